The third-order valence-corrected chi connectivity index (χ3v) is 8.44. The number of ketones is 1. The molecule has 5 atom stereocenters. The highest BCUT2D eigenvalue weighted by molar-refractivity contribution is 6.08. The lowest BCUT2D eigenvalue weighted by Gasteiger charge is -2.52. The van der Waals surface area contributed by atoms with E-state index in [1.807, 2.05) is 32.0 Å². The molecule has 5 fully saturated rings. The second kappa shape index (κ2) is 8.96. The minimum absolute atomic E-state index is 0.137. The molecule has 0 aromatic heterocycles. The minimum atomic E-state index is -0.537. The van der Waals surface area contributed by atoms with Crippen LogP contribution in [0.3, 0.4) is 0 Å². The molecule has 0 radical (unpaired) electrons. The molecular weight excluding hydrogens is 434 g/mol. The number of hydrogen-bond acceptors (Lipinski definition) is 7. The molecule has 8 nitrogen and oxygen atoms in total. The van der Waals surface area contributed by atoms with Crippen molar-refractivity contribution >= 4 is 23.3 Å². The fourth-order valence-electron chi connectivity index (χ4n) is 6.99. The van der Waals surface area contributed by atoms with Crippen molar-refractivity contribution in [3.8, 4) is 5.75 Å². The summed E-state index contributed by atoms with van der Waals surface area (Å²) in [4.78, 5) is 49.3. The molecule has 8 heteroatoms. The van der Waals surface area contributed by atoms with E-state index in [9.17, 15) is 14.4 Å². The zero-order valence-corrected chi connectivity index (χ0v) is 20.4. The van der Waals surface area contributed by atoms with Crippen molar-refractivity contribution in [1.29, 1.82) is 0 Å². The van der Waals surface area contributed by atoms with Crippen LogP contribution in [-0.2, 0) is 19.2 Å². The summed E-state index contributed by atoms with van der Waals surface area (Å²) < 4.78 is 5.49. The van der Waals surface area contributed by atoms with Crippen LogP contribution >= 0.6 is 0 Å². The molecule has 2 saturated heterocycles. The molecule has 1 aromatic rings. The summed E-state index contributed by atoms with van der Waals surface area (Å²) >= 11 is 0. The van der Waals surface area contributed by atoms with E-state index in [0.29, 0.717) is 13.0 Å². The van der Waals surface area contributed by atoms with Crippen molar-refractivity contribution in [1.82, 2.24) is 9.96 Å². The summed E-state index contributed by atoms with van der Waals surface area (Å²) in [7, 11) is 1.70. The Kier molecular flexibility index (Phi) is 6.14. The normalized spacial score (nSPS) is 33.6. The van der Waals surface area contributed by atoms with Gasteiger partial charge < -0.3 is 9.64 Å². The Hall–Kier alpha value is -2.45. The van der Waals surface area contributed by atoms with Gasteiger partial charge in [0.05, 0.1) is 31.2 Å². The number of imide groups is 1. The molecule has 2 amide bonds. The summed E-state index contributed by atoms with van der Waals surface area (Å²) in [5.41, 5.74) is 0.693. The van der Waals surface area contributed by atoms with Crippen molar-refractivity contribution in [3.63, 3.8) is 0 Å². The molecule has 184 valence electrons. The van der Waals surface area contributed by atoms with Crippen molar-refractivity contribution in [3.05, 3.63) is 24.3 Å². The van der Waals surface area contributed by atoms with Crippen molar-refractivity contribution in [2.45, 2.75) is 33.1 Å². The number of amides is 2. The molecule has 6 rings (SSSR count). The van der Waals surface area contributed by atoms with E-state index in [4.69, 9.17) is 9.57 Å². The van der Waals surface area contributed by atoms with Gasteiger partial charge in [-0.1, -0.05) is 26.0 Å². The smallest absolute Gasteiger partial charge is 0.258 e. The number of carbonyl (C=O) groups excluding carboxylic acids is 3. The number of piperazine rings is 1. The molecular formula is C26H35N3O5. The molecule has 2 heterocycles. The highest BCUT2D eigenvalue weighted by Crippen LogP contribution is 2.60. The van der Waals surface area contributed by atoms with Crippen LogP contribution in [0.15, 0.2) is 24.3 Å². The highest BCUT2D eigenvalue weighted by Gasteiger charge is 2.67. The summed E-state index contributed by atoms with van der Waals surface area (Å²) in [6.07, 6.45) is 1.95. The van der Waals surface area contributed by atoms with Gasteiger partial charge in [-0.2, -0.15) is 5.06 Å². The average molecular weight is 470 g/mol. The molecule has 34 heavy (non-hydrogen) atoms. The Morgan fingerprint density at radius 2 is 1.76 bits per heavy atom. The standard InChI is InChI=1S/C26H35N3O5/c1-17-15-26(2)16-19(30)21(17)22-23(26)25(32)29(24(22)31)34-14-6-9-27-10-12-28(13-11-27)18-7-4-5-8-20(18)33-3/h4-5,7-8,17,21-23H,6,9-16H2,1-3H3/t17?,21-,22?,23?,26+/m0/s1. The van der Waals surface area contributed by atoms with Gasteiger partial charge in [0.15, 0.2) is 0 Å². The first-order valence-electron chi connectivity index (χ1n) is 12.5. The largest absolute Gasteiger partial charge is 0.495 e. The molecule has 2 aliphatic heterocycles. The first-order valence-corrected chi connectivity index (χ1v) is 12.5. The lowest BCUT2D eigenvalue weighted by molar-refractivity contribution is -0.190. The Morgan fingerprint density at radius 3 is 2.47 bits per heavy atom. The Bertz CT molecular complexity index is 975. The number of benzene rings is 1. The SMILES string of the molecule is COc1ccccc1N1CCN(CCCON2C(=O)C3C(C2=O)[C@@]2(C)CC(=O)[C@@H]3C(C)C2)CC1. The number of Topliss-reactive ketones (excluding diaryl/α,β-unsaturated/α-hetero) is 1. The van der Waals surface area contributed by atoms with Crippen LogP contribution < -0.4 is 9.64 Å². The zero-order chi connectivity index (χ0) is 24.0. The summed E-state index contributed by atoms with van der Waals surface area (Å²) in [5, 5.41) is 0.997. The quantitative estimate of drug-likeness (QED) is 0.448. The van der Waals surface area contributed by atoms with Gasteiger partial charge in [-0.05, 0) is 36.3 Å². The highest BCUT2D eigenvalue weighted by atomic mass is 16.7. The number of anilines is 1. The first-order chi connectivity index (χ1) is 16.3. The summed E-state index contributed by atoms with van der Waals surface area (Å²) in [6.45, 7) is 8.89. The number of para-hydroxylation sites is 2. The number of nitrogens with zero attached hydrogens (tertiary/aromatic N) is 3. The first kappa shape index (κ1) is 23.3. The van der Waals surface area contributed by atoms with Gasteiger partial charge in [0.25, 0.3) is 11.8 Å². The number of rotatable bonds is 7. The van der Waals surface area contributed by atoms with E-state index in [2.05, 4.69) is 15.9 Å². The molecule has 0 spiro atoms. The number of fused-ring (bicyclic) bond motifs is 2. The van der Waals surface area contributed by atoms with E-state index in [1.165, 1.54) is 0 Å². The van der Waals surface area contributed by atoms with Crippen LogP contribution in [0.4, 0.5) is 5.69 Å². The van der Waals surface area contributed by atoms with E-state index < -0.39 is 17.3 Å². The third-order valence-electron chi connectivity index (χ3n) is 8.44. The second-order valence-corrected chi connectivity index (χ2v) is 10.7. The Labute approximate surface area is 201 Å². The van der Waals surface area contributed by atoms with E-state index in [0.717, 1.165) is 62.1 Å². The van der Waals surface area contributed by atoms with Gasteiger partial charge in [-0.15, -0.1) is 0 Å². The molecule has 3 aliphatic carbocycles. The van der Waals surface area contributed by atoms with Crippen LogP contribution in [0.5, 0.6) is 5.75 Å². The molecule has 5 aliphatic rings. The molecule has 3 saturated carbocycles. The molecule has 2 bridgehead atoms. The number of hydroxylamine groups is 2. The summed E-state index contributed by atoms with van der Waals surface area (Å²) in [6, 6.07) is 8.08. The van der Waals surface area contributed by atoms with Gasteiger partial charge in [0.2, 0.25) is 0 Å². The second-order valence-electron chi connectivity index (χ2n) is 10.7. The Balaban J connectivity index is 1.11. The molecule has 0 N–H and O–H groups in total. The predicted octanol–water partition coefficient (Wildman–Crippen LogP) is 2.38. The van der Waals surface area contributed by atoms with Crippen molar-refractivity contribution in [2.75, 3.05) is 51.3 Å². The van der Waals surface area contributed by atoms with E-state index in [-0.39, 0.29) is 29.4 Å². The van der Waals surface area contributed by atoms with Gasteiger partial charge in [0, 0.05) is 45.1 Å². The molecule has 3 unspecified atom stereocenters. The fourth-order valence-corrected chi connectivity index (χ4v) is 6.99. The molecule has 1 aromatic carbocycles. The summed E-state index contributed by atoms with van der Waals surface area (Å²) in [5.74, 6) is -0.674. The van der Waals surface area contributed by atoms with Crippen molar-refractivity contribution in [2.24, 2.45) is 29.1 Å². The maximum Gasteiger partial charge on any atom is 0.258 e. The third kappa shape index (κ3) is 3.81. The topological polar surface area (TPSA) is 79.4 Å². The Morgan fingerprint density at radius 1 is 1.03 bits per heavy atom. The number of methoxy groups -OCH3 is 1. The fraction of sp³-hybridized carbons (Fsp3) is 0.654. The van der Waals surface area contributed by atoms with Gasteiger partial charge in [-0.3, -0.25) is 24.1 Å². The maximum atomic E-state index is 13.1. The van der Waals surface area contributed by atoms with Gasteiger partial charge >= 0.3 is 0 Å². The van der Waals surface area contributed by atoms with Crippen LogP contribution in [0.2, 0.25) is 0 Å². The number of ether oxygens (including phenoxy) is 1. The predicted molar refractivity (Wildman–Crippen MR) is 126 cm³/mol. The minimum Gasteiger partial charge on any atom is -0.495 e. The number of carbonyl (C=O) groups is 3. The lowest BCUT2D eigenvalue weighted by Crippen LogP contribution is -2.56. The zero-order valence-electron chi connectivity index (χ0n) is 20.4. The van der Waals surface area contributed by atoms with E-state index >= 15 is 0 Å². The van der Waals surface area contributed by atoms with Crippen LogP contribution in [0.25, 0.3) is 0 Å². The van der Waals surface area contributed by atoms with Crippen LogP contribution in [0.1, 0.15) is 33.1 Å². The van der Waals surface area contributed by atoms with Crippen LogP contribution in [-0.4, -0.2) is 74.0 Å². The van der Waals surface area contributed by atoms with Gasteiger partial charge in [-0.25, -0.2) is 0 Å². The maximum absolute atomic E-state index is 13.1. The monoisotopic (exact) mass is 469 g/mol. The van der Waals surface area contributed by atoms with E-state index in [1.54, 1.807) is 7.11 Å². The van der Waals surface area contributed by atoms with Gasteiger partial charge in [0.1, 0.15) is 11.5 Å². The lowest BCUT2D eigenvalue weighted by atomic mass is 9.48. The average Bonchev–Trinajstić information content (AvgIpc) is 3.07. The van der Waals surface area contributed by atoms with Crippen LogP contribution in [0, 0.1) is 29.1 Å². The number of hydrogen-bond donors (Lipinski definition) is 0. The van der Waals surface area contributed by atoms with Crippen molar-refractivity contribution < 1.29 is 24.0 Å².